The fourth-order valence-corrected chi connectivity index (χ4v) is 1.63. The number of rotatable bonds is 5. The number of hydrogen-bond acceptors (Lipinski definition) is 4. The number of benzene rings is 1. The number of anilines is 1. The molecule has 0 fully saturated rings. The molecule has 0 aromatic heterocycles. The van der Waals surface area contributed by atoms with Gasteiger partial charge >= 0.3 is 11.9 Å². The molecule has 0 saturated heterocycles. The summed E-state index contributed by atoms with van der Waals surface area (Å²) in [6.45, 7) is 0.894. The quantitative estimate of drug-likeness (QED) is 0.800. The lowest BCUT2D eigenvalue weighted by Crippen LogP contribution is -2.34. The summed E-state index contributed by atoms with van der Waals surface area (Å²) in [5.74, 6) is -2.22. The smallest absolute Gasteiger partial charge is 0.323 e. The predicted molar refractivity (Wildman–Crippen MR) is 63.4 cm³/mol. The molecule has 6 heteroatoms. The van der Waals surface area contributed by atoms with Crippen LogP contribution in [-0.4, -0.2) is 35.2 Å². The van der Waals surface area contributed by atoms with E-state index < -0.39 is 25.0 Å². The fraction of sp³-hybridized carbons (Fsp3) is 0.250. The minimum atomic E-state index is -1.11. The van der Waals surface area contributed by atoms with Crippen molar-refractivity contribution in [3.05, 3.63) is 29.3 Å². The molecule has 0 radical (unpaired) electrons. The zero-order valence-electron chi connectivity index (χ0n) is 9.75. The standard InChI is InChI=1S/C12H12N2O4/c1-8-4-9(5-13)2-3-10(8)14(6-11(15)16)7-12(17)18/h2-4H,6-7H2,1H3,(H,15,16)(H,17,18). The summed E-state index contributed by atoms with van der Waals surface area (Å²) >= 11 is 0. The molecule has 0 aliphatic heterocycles. The van der Waals surface area contributed by atoms with E-state index in [9.17, 15) is 9.59 Å². The third kappa shape index (κ3) is 3.49. The topological polar surface area (TPSA) is 102 Å². The molecule has 0 aliphatic carbocycles. The molecular formula is C12H12N2O4. The van der Waals surface area contributed by atoms with E-state index in [1.54, 1.807) is 19.1 Å². The summed E-state index contributed by atoms with van der Waals surface area (Å²) < 4.78 is 0. The number of aliphatic carboxylic acids is 2. The Kier molecular flexibility index (Phi) is 4.27. The summed E-state index contributed by atoms with van der Waals surface area (Å²) in [5, 5.41) is 26.3. The van der Waals surface area contributed by atoms with Crippen LogP contribution in [0.15, 0.2) is 18.2 Å². The molecule has 0 spiro atoms. The maximum absolute atomic E-state index is 10.7. The van der Waals surface area contributed by atoms with Gasteiger partial charge in [0, 0.05) is 5.69 Å². The molecule has 0 heterocycles. The Morgan fingerprint density at radius 3 is 2.22 bits per heavy atom. The first-order valence-electron chi connectivity index (χ1n) is 5.13. The molecule has 0 unspecified atom stereocenters. The van der Waals surface area contributed by atoms with Gasteiger partial charge in [-0.05, 0) is 30.7 Å². The Morgan fingerprint density at radius 2 is 1.83 bits per heavy atom. The Hall–Kier alpha value is -2.55. The number of carboxylic acid groups (broad SMARTS) is 2. The van der Waals surface area contributed by atoms with Crippen molar-refractivity contribution in [3.8, 4) is 6.07 Å². The molecule has 0 saturated carbocycles. The summed E-state index contributed by atoms with van der Waals surface area (Å²) in [6, 6.07) is 6.64. The second kappa shape index (κ2) is 5.68. The predicted octanol–water partition coefficient (Wildman–Crippen LogP) is 0.842. The minimum Gasteiger partial charge on any atom is -0.480 e. The van der Waals surface area contributed by atoms with Crippen LogP contribution in [0.3, 0.4) is 0 Å². The van der Waals surface area contributed by atoms with Gasteiger partial charge in [-0.25, -0.2) is 0 Å². The molecule has 1 aromatic rings. The molecule has 0 aliphatic rings. The summed E-state index contributed by atoms with van der Waals surface area (Å²) in [7, 11) is 0. The first-order chi connectivity index (χ1) is 8.43. The maximum Gasteiger partial charge on any atom is 0.323 e. The van der Waals surface area contributed by atoms with E-state index in [4.69, 9.17) is 15.5 Å². The first kappa shape index (κ1) is 13.5. The highest BCUT2D eigenvalue weighted by Crippen LogP contribution is 2.20. The van der Waals surface area contributed by atoms with Crippen molar-refractivity contribution in [1.82, 2.24) is 0 Å². The summed E-state index contributed by atoms with van der Waals surface area (Å²) in [6.07, 6.45) is 0. The molecule has 1 rings (SSSR count). The number of nitrogens with zero attached hydrogens (tertiary/aromatic N) is 2. The van der Waals surface area contributed by atoms with Gasteiger partial charge in [0.15, 0.2) is 0 Å². The lowest BCUT2D eigenvalue weighted by Gasteiger charge is -2.22. The molecule has 1 aromatic carbocycles. The lowest BCUT2D eigenvalue weighted by molar-refractivity contribution is -0.136. The molecule has 2 N–H and O–H groups in total. The van der Waals surface area contributed by atoms with Gasteiger partial charge in [0.05, 0.1) is 11.6 Å². The van der Waals surface area contributed by atoms with E-state index >= 15 is 0 Å². The number of hydrogen-bond donors (Lipinski definition) is 2. The molecule has 0 atom stereocenters. The summed E-state index contributed by atoms with van der Waals surface area (Å²) in [5.41, 5.74) is 1.61. The van der Waals surface area contributed by atoms with Gasteiger partial charge in [-0.2, -0.15) is 5.26 Å². The Morgan fingerprint density at radius 1 is 1.28 bits per heavy atom. The Labute approximate surface area is 104 Å². The second-order valence-electron chi connectivity index (χ2n) is 3.76. The van der Waals surface area contributed by atoms with E-state index in [1.807, 2.05) is 6.07 Å². The van der Waals surface area contributed by atoms with Gasteiger partial charge < -0.3 is 15.1 Å². The van der Waals surface area contributed by atoms with Crippen LogP contribution in [0.1, 0.15) is 11.1 Å². The fourth-order valence-electron chi connectivity index (χ4n) is 1.63. The van der Waals surface area contributed by atoms with E-state index in [2.05, 4.69) is 0 Å². The van der Waals surface area contributed by atoms with Gasteiger partial charge in [-0.1, -0.05) is 0 Å². The molecule has 0 amide bonds. The van der Waals surface area contributed by atoms with Crippen LogP contribution in [0.5, 0.6) is 0 Å². The van der Waals surface area contributed by atoms with Gasteiger partial charge in [0.1, 0.15) is 13.1 Å². The molecule has 94 valence electrons. The van der Waals surface area contributed by atoms with Crippen LogP contribution in [-0.2, 0) is 9.59 Å². The SMILES string of the molecule is Cc1cc(C#N)ccc1N(CC(=O)O)CC(=O)O. The van der Waals surface area contributed by atoms with Crippen LogP contribution < -0.4 is 4.90 Å². The zero-order chi connectivity index (χ0) is 13.7. The van der Waals surface area contributed by atoms with E-state index in [0.717, 1.165) is 0 Å². The highest BCUT2D eigenvalue weighted by atomic mass is 16.4. The van der Waals surface area contributed by atoms with Gasteiger partial charge in [0.25, 0.3) is 0 Å². The van der Waals surface area contributed by atoms with Crippen LogP contribution >= 0.6 is 0 Å². The van der Waals surface area contributed by atoms with Crippen molar-refractivity contribution >= 4 is 17.6 Å². The summed E-state index contributed by atoms with van der Waals surface area (Å²) in [4.78, 5) is 22.7. The molecular weight excluding hydrogens is 236 g/mol. The molecule has 0 bridgehead atoms. The lowest BCUT2D eigenvalue weighted by atomic mass is 10.1. The van der Waals surface area contributed by atoms with E-state index in [0.29, 0.717) is 16.8 Å². The number of carboxylic acids is 2. The van der Waals surface area contributed by atoms with Crippen LogP contribution in [0.25, 0.3) is 0 Å². The maximum atomic E-state index is 10.7. The first-order valence-corrected chi connectivity index (χ1v) is 5.13. The minimum absolute atomic E-state index is 0.404. The van der Waals surface area contributed by atoms with Crippen molar-refractivity contribution in [2.24, 2.45) is 0 Å². The zero-order valence-corrected chi connectivity index (χ0v) is 9.75. The number of carbonyl (C=O) groups is 2. The van der Waals surface area contributed by atoms with Crippen LogP contribution in [0.2, 0.25) is 0 Å². The Balaban J connectivity index is 3.08. The molecule has 18 heavy (non-hydrogen) atoms. The average Bonchev–Trinajstić information content (AvgIpc) is 2.26. The number of nitriles is 1. The largest absolute Gasteiger partial charge is 0.480 e. The third-order valence-corrected chi connectivity index (χ3v) is 2.32. The normalized spacial score (nSPS) is 9.56. The number of aryl methyl sites for hydroxylation is 1. The Bertz CT molecular complexity index is 503. The highest BCUT2D eigenvalue weighted by Gasteiger charge is 2.16. The van der Waals surface area contributed by atoms with Gasteiger partial charge in [-0.3, -0.25) is 9.59 Å². The average molecular weight is 248 g/mol. The van der Waals surface area contributed by atoms with Gasteiger partial charge in [0.2, 0.25) is 0 Å². The second-order valence-corrected chi connectivity index (χ2v) is 3.76. The van der Waals surface area contributed by atoms with Crippen molar-refractivity contribution < 1.29 is 19.8 Å². The van der Waals surface area contributed by atoms with E-state index in [1.165, 1.54) is 11.0 Å². The van der Waals surface area contributed by atoms with Crippen molar-refractivity contribution in [3.63, 3.8) is 0 Å². The van der Waals surface area contributed by atoms with Crippen molar-refractivity contribution in [2.45, 2.75) is 6.92 Å². The monoisotopic (exact) mass is 248 g/mol. The van der Waals surface area contributed by atoms with Gasteiger partial charge in [-0.15, -0.1) is 0 Å². The van der Waals surface area contributed by atoms with Crippen LogP contribution in [0, 0.1) is 18.3 Å². The van der Waals surface area contributed by atoms with E-state index in [-0.39, 0.29) is 0 Å². The molecule has 6 nitrogen and oxygen atoms in total. The van der Waals surface area contributed by atoms with Crippen molar-refractivity contribution in [2.75, 3.05) is 18.0 Å². The van der Waals surface area contributed by atoms with Crippen molar-refractivity contribution in [1.29, 1.82) is 5.26 Å². The highest BCUT2D eigenvalue weighted by molar-refractivity contribution is 5.80. The third-order valence-electron chi connectivity index (χ3n) is 2.32. The van der Waals surface area contributed by atoms with Crippen LogP contribution in [0.4, 0.5) is 5.69 Å².